The van der Waals surface area contributed by atoms with E-state index in [2.05, 4.69) is 14.7 Å². The average molecular weight is 307 g/mol. The molecule has 0 unspecified atom stereocenters. The third-order valence-corrected chi connectivity index (χ3v) is 4.59. The highest BCUT2D eigenvalue weighted by Crippen LogP contribution is 2.18. The fourth-order valence-corrected chi connectivity index (χ4v) is 2.77. The first-order valence-corrected chi connectivity index (χ1v) is 7.41. The third-order valence-electron chi connectivity index (χ3n) is 3.03. The summed E-state index contributed by atoms with van der Waals surface area (Å²) in [6.07, 6.45) is -0.422. The Balaban J connectivity index is 2.00. The van der Waals surface area contributed by atoms with Crippen molar-refractivity contribution in [2.45, 2.75) is 6.43 Å². The molecule has 7 nitrogen and oxygen atoms in total. The standard InChI is InChI=1S/C10H15F2N5O2S/c1-13-20(18,19)17-4-2-16(3-5-17)10-14-6-8(7-15-10)9(11)12/h6-7,9,13H,2-5H2,1H3. The molecule has 0 atom stereocenters. The quantitative estimate of drug-likeness (QED) is 0.847. The Bertz CT molecular complexity index is 543. The van der Waals surface area contributed by atoms with Crippen LogP contribution in [0.1, 0.15) is 12.0 Å². The van der Waals surface area contributed by atoms with Crippen molar-refractivity contribution in [1.29, 1.82) is 0 Å². The lowest BCUT2D eigenvalue weighted by Gasteiger charge is -2.33. The van der Waals surface area contributed by atoms with Crippen LogP contribution >= 0.6 is 0 Å². The average Bonchev–Trinajstić information content (AvgIpc) is 2.47. The van der Waals surface area contributed by atoms with Gasteiger partial charge in [0.2, 0.25) is 5.95 Å². The summed E-state index contributed by atoms with van der Waals surface area (Å²) < 4.78 is 51.5. The second kappa shape index (κ2) is 5.94. The zero-order valence-corrected chi connectivity index (χ0v) is 11.6. The van der Waals surface area contributed by atoms with E-state index in [0.29, 0.717) is 32.1 Å². The minimum Gasteiger partial charge on any atom is -0.338 e. The highest BCUT2D eigenvalue weighted by atomic mass is 32.2. The summed E-state index contributed by atoms with van der Waals surface area (Å²) in [6.45, 7) is 1.41. The lowest BCUT2D eigenvalue weighted by molar-refractivity contribution is 0.150. The maximum absolute atomic E-state index is 12.4. The van der Waals surface area contributed by atoms with Crippen molar-refractivity contribution in [2.75, 3.05) is 38.1 Å². The molecular weight excluding hydrogens is 292 g/mol. The van der Waals surface area contributed by atoms with Crippen LogP contribution in [0.3, 0.4) is 0 Å². The molecule has 0 amide bonds. The Morgan fingerprint density at radius 3 is 2.20 bits per heavy atom. The summed E-state index contributed by atoms with van der Waals surface area (Å²) in [5.41, 5.74) is -0.231. The lowest BCUT2D eigenvalue weighted by Crippen LogP contribution is -2.51. The molecule has 0 spiro atoms. The van der Waals surface area contributed by atoms with E-state index in [4.69, 9.17) is 0 Å². The first kappa shape index (κ1) is 15.0. The number of rotatable bonds is 4. The fourth-order valence-electron chi connectivity index (χ4n) is 1.86. The molecule has 0 radical (unpaired) electrons. The Morgan fingerprint density at radius 1 is 1.20 bits per heavy atom. The number of anilines is 1. The molecule has 0 bridgehead atoms. The van der Waals surface area contributed by atoms with Crippen molar-refractivity contribution >= 4 is 16.2 Å². The van der Waals surface area contributed by atoms with Gasteiger partial charge < -0.3 is 4.90 Å². The van der Waals surface area contributed by atoms with Crippen LogP contribution in [0, 0.1) is 0 Å². The summed E-state index contributed by atoms with van der Waals surface area (Å²) in [4.78, 5) is 9.53. The number of hydrogen-bond acceptors (Lipinski definition) is 5. The summed E-state index contributed by atoms with van der Waals surface area (Å²) in [7, 11) is -2.07. The molecule has 112 valence electrons. The Hall–Kier alpha value is -1.39. The van der Waals surface area contributed by atoms with Crippen molar-refractivity contribution in [3.8, 4) is 0 Å². The molecule has 1 aromatic heterocycles. The Morgan fingerprint density at radius 2 is 1.75 bits per heavy atom. The first-order chi connectivity index (χ1) is 9.44. The number of aromatic nitrogens is 2. The molecule has 20 heavy (non-hydrogen) atoms. The maximum Gasteiger partial charge on any atom is 0.279 e. The van der Waals surface area contributed by atoms with Crippen molar-refractivity contribution < 1.29 is 17.2 Å². The van der Waals surface area contributed by atoms with E-state index in [1.54, 1.807) is 4.90 Å². The summed E-state index contributed by atoms with van der Waals surface area (Å²) in [5.74, 6) is 0.330. The van der Waals surface area contributed by atoms with E-state index in [9.17, 15) is 17.2 Å². The Labute approximate surface area is 115 Å². The lowest BCUT2D eigenvalue weighted by atomic mass is 10.3. The van der Waals surface area contributed by atoms with Gasteiger partial charge in [-0.2, -0.15) is 12.7 Å². The van der Waals surface area contributed by atoms with Crippen LogP contribution < -0.4 is 9.62 Å². The van der Waals surface area contributed by atoms with Gasteiger partial charge in [-0.3, -0.25) is 0 Å². The van der Waals surface area contributed by atoms with E-state index in [-0.39, 0.29) is 5.56 Å². The molecule has 2 heterocycles. The number of nitrogens with one attached hydrogen (secondary N) is 1. The molecule has 0 aromatic carbocycles. The second-order valence-corrected chi connectivity index (χ2v) is 6.09. The number of halogens is 2. The van der Waals surface area contributed by atoms with Gasteiger partial charge in [0, 0.05) is 45.6 Å². The van der Waals surface area contributed by atoms with Gasteiger partial charge in [-0.15, -0.1) is 0 Å². The molecule has 0 aliphatic carbocycles. The molecule has 1 N–H and O–H groups in total. The van der Waals surface area contributed by atoms with Crippen LogP contribution in [0.5, 0.6) is 0 Å². The summed E-state index contributed by atoms with van der Waals surface area (Å²) >= 11 is 0. The maximum atomic E-state index is 12.4. The van der Waals surface area contributed by atoms with Crippen LogP contribution in [-0.2, 0) is 10.2 Å². The van der Waals surface area contributed by atoms with Gasteiger partial charge in [-0.05, 0) is 0 Å². The smallest absolute Gasteiger partial charge is 0.279 e. The first-order valence-electron chi connectivity index (χ1n) is 5.97. The predicted octanol–water partition coefficient (Wildman–Crippen LogP) is 0.000400. The van der Waals surface area contributed by atoms with Gasteiger partial charge in [0.15, 0.2) is 0 Å². The zero-order valence-electron chi connectivity index (χ0n) is 10.8. The van der Waals surface area contributed by atoms with Gasteiger partial charge in [0.25, 0.3) is 16.6 Å². The minimum atomic E-state index is -3.43. The monoisotopic (exact) mass is 307 g/mol. The molecule has 1 fully saturated rings. The molecule has 1 aliphatic heterocycles. The highest BCUT2D eigenvalue weighted by molar-refractivity contribution is 7.87. The third kappa shape index (κ3) is 3.19. The predicted molar refractivity (Wildman–Crippen MR) is 68.8 cm³/mol. The molecule has 10 heteroatoms. The van der Waals surface area contributed by atoms with Crippen molar-refractivity contribution in [3.05, 3.63) is 18.0 Å². The number of hydrogen-bond donors (Lipinski definition) is 1. The fraction of sp³-hybridized carbons (Fsp3) is 0.600. The van der Waals surface area contributed by atoms with Crippen molar-refractivity contribution in [3.63, 3.8) is 0 Å². The second-order valence-electron chi connectivity index (χ2n) is 4.21. The van der Waals surface area contributed by atoms with Crippen LogP contribution in [0.25, 0.3) is 0 Å². The number of piperazine rings is 1. The molecule has 1 aromatic rings. The number of alkyl halides is 2. The van der Waals surface area contributed by atoms with E-state index >= 15 is 0 Å². The van der Waals surface area contributed by atoms with Gasteiger partial charge in [-0.25, -0.2) is 23.5 Å². The zero-order chi connectivity index (χ0) is 14.8. The largest absolute Gasteiger partial charge is 0.338 e. The van der Waals surface area contributed by atoms with Gasteiger partial charge in [-0.1, -0.05) is 0 Å². The SMILES string of the molecule is CNS(=O)(=O)N1CCN(c2ncc(C(F)F)cn2)CC1. The molecular formula is C10H15F2N5O2S. The molecule has 1 aliphatic rings. The highest BCUT2D eigenvalue weighted by Gasteiger charge is 2.26. The van der Waals surface area contributed by atoms with E-state index in [0.717, 1.165) is 12.4 Å². The summed E-state index contributed by atoms with van der Waals surface area (Å²) in [5, 5.41) is 0. The van der Waals surface area contributed by atoms with Crippen LogP contribution in [0.4, 0.5) is 14.7 Å². The van der Waals surface area contributed by atoms with E-state index < -0.39 is 16.6 Å². The molecule has 0 saturated carbocycles. The van der Waals surface area contributed by atoms with E-state index in [1.807, 2.05) is 0 Å². The van der Waals surface area contributed by atoms with Crippen molar-refractivity contribution in [1.82, 2.24) is 19.0 Å². The summed E-state index contributed by atoms with van der Waals surface area (Å²) in [6, 6.07) is 0. The molecule has 2 rings (SSSR count). The van der Waals surface area contributed by atoms with Crippen molar-refractivity contribution in [2.24, 2.45) is 0 Å². The Kier molecular flexibility index (Phi) is 4.45. The minimum absolute atomic E-state index is 0.231. The van der Waals surface area contributed by atoms with Crippen LogP contribution in [0.2, 0.25) is 0 Å². The van der Waals surface area contributed by atoms with Crippen LogP contribution in [0.15, 0.2) is 12.4 Å². The van der Waals surface area contributed by atoms with Gasteiger partial charge in [0.1, 0.15) is 0 Å². The van der Waals surface area contributed by atoms with Crippen LogP contribution in [-0.4, -0.2) is 55.9 Å². The topological polar surface area (TPSA) is 78.4 Å². The van der Waals surface area contributed by atoms with Gasteiger partial charge in [0.05, 0.1) is 5.56 Å². The molecule has 1 saturated heterocycles. The van der Waals surface area contributed by atoms with Gasteiger partial charge >= 0.3 is 0 Å². The normalized spacial score (nSPS) is 17.7. The van der Waals surface area contributed by atoms with E-state index in [1.165, 1.54) is 11.4 Å². The number of nitrogens with zero attached hydrogens (tertiary/aromatic N) is 4.